The molecule has 0 heterocycles. The van der Waals surface area contributed by atoms with Crippen molar-refractivity contribution in [3.63, 3.8) is 0 Å². The summed E-state index contributed by atoms with van der Waals surface area (Å²) in [5.41, 5.74) is 0. The van der Waals surface area contributed by atoms with Gasteiger partial charge in [0.15, 0.2) is 0 Å². The van der Waals surface area contributed by atoms with Crippen molar-refractivity contribution in [1.82, 2.24) is 0 Å². The van der Waals surface area contributed by atoms with E-state index in [-0.39, 0.29) is 55.7 Å². The molecule has 0 aliphatic carbocycles. The van der Waals surface area contributed by atoms with Crippen molar-refractivity contribution < 1.29 is 35.9 Å². The Labute approximate surface area is 59.7 Å². The van der Waals surface area contributed by atoms with Gasteiger partial charge in [0, 0.05) is 0 Å². The molecule has 0 N–H and O–H groups in total. The van der Waals surface area contributed by atoms with Gasteiger partial charge in [0.2, 0.25) is 0 Å². The summed E-state index contributed by atoms with van der Waals surface area (Å²) in [6.45, 7) is 0. The van der Waals surface area contributed by atoms with E-state index in [1.165, 1.54) is 0 Å². The molecule has 0 saturated heterocycles. The Morgan fingerprint density at radius 3 is 1.25 bits per heavy atom. The molecule has 0 aromatic heterocycles. The number of hydrogen-bond donors (Lipinski definition) is 0. The van der Waals surface area contributed by atoms with Crippen LogP contribution in [0, 0.1) is 0 Å². The standard InChI is InChI=1S/Bi.2O.Y.H. The predicted molar refractivity (Wildman–Crippen MR) is 8.52 cm³/mol. The molecule has 0 radical (unpaired) electrons. The van der Waals surface area contributed by atoms with E-state index in [9.17, 15) is 0 Å². The average molecular weight is 331 g/mol. The predicted octanol–water partition coefficient (Wildman–Crippen LogP) is -0.889. The fourth-order valence-electron chi connectivity index (χ4n) is 0. The van der Waals surface area contributed by atoms with Gasteiger partial charge in [-0.2, -0.15) is 0 Å². The molecule has 0 aliphatic heterocycles. The molecule has 0 atom stereocenters. The van der Waals surface area contributed by atoms with Gasteiger partial charge < -0.3 is 0 Å². The van der Waals surface area contributed by atoms with E-state index in [1.807, 2.05) is 0 Å². The van der Waals surface area contributed by atoms with Crippen LogP contribution in [0.2, 0.25) is 0 Å². The molecule has 0 unspecified atom stereocenters. The monoisotopic (exact) mass is 331 g/mol. The van der Waals surface area contributed by atoms with Crippen LogP contribution in [-0.2, 0) is 35.9 Å². The molecule has 2 nitrogen and oxygen atoms in total. The van der Waals surface area contributed by atoms with E-state index in [0.717, 1.165) is 0 Å². The molecular weight excluding hydrogens is 330 g/mol. The molecule has 4 heteroatoms. The number of hydrogen-bond acceptors (Lipinski definition) is 2. The Morgan fingerprint density at radius 1 is 1.25 bits per heavy atom. The second kappa shape index (κ2) is 23.4. The molecule has 4 heavy (non-hydrogen) atoms. The first-order chi connectivity index (χ1) is 2.00. The van der Waals surface area contributed by atoms with Crippen LogP contribution in [0.15, 0.2) is 0 Å². The summed E-state index contributed by atoms with van der Waals surface area (Å²) in [7, 11) is 0. The summed E-state index contributed by atoms with van der Waals surface area (Å²) in [6.07, 6.45) is 0. The third-order valence-corrected chi connectivity index (χ3v) is 0. The van der Waals surface area contributed by atoms with Crippen molar-refractivity contribution >= 4 is 24.7 Å². The van der Waals surface area contributed by atoms with Crippen LogP contribution in [-0.4, -0.2) is 24.7 Å². The van der Waals surface area contributed by atoms with E-state index in [0.29, 0.717) is 0 Å². The van der Waals surface area contributed by atoms with Crippen molar-refractivity contribution in [2.24, 2.45) is 0 Å². The fourth-order valence-corrected chi connectivity index (χ4v) is 0. The maximum absolute atomic E-state index is 8.39. The van der Waals surface area contributed by atoms with Crippen LogP contribution in [0.4, 0.5) is 0 Å². The first-order valence-corrected chi connectivity index (χ1v) is 3.19. The average Bonchev–Trinajstić information content (AvgIpc) is 1.50. The Bertz CT molecular complexity index is 8.00. The van der Waals surface area contributed by atoms with Gasteiger partial charge in [-0.1, -0.05) is 0 Å². The Kier molecular flexibility index (Phi) is 53.5. The Hall–Kier alpha value is 1.59. The molecule has 0 aromatic rings. The molecule has 0 spiro atoms. The zero-order valence-electron chi connectivity index (χ0n) is 1.89. The molecule has 21 valence electrons. The minimum absolute atomic E-state index is 0.0556. The maximum atomic E-state index is 8.39. The summed E-state index contributed by atoms with van der Waals surface area (Å²) in [4.78, 5) is 0. The third-order valence-electron chi connectivity index (χ3n) is 0. The van der Waals surface area contributed by atoms with Gasteiger partial charge in [-0.05, 0) is 0 Å². The zero-order valence-corrected chi connectivity index (χ0v) is 8.62. The Balaban J connectivity index is 0. The van der Waals surface area contributed by atoms with Gasteiger partial charge >= 0.3 is 60.6 Å². The summed E-state index contributed by atoms with van der Waals surface area (Å²) >= 11 is 0.156. The molecule has 0 saturated carbocycles. The van der Waals surface area contributed by atoms with Gasteiger partial charge in [-0.25, -0.2) is 0 Å². The summed E-state index contributed by atoms with van der Waals surface area (Å²) in [5.74, 6) is 0. The van der Waals surface area contributed by atoms with Crippen LogP contribution in [0.25, 0.3) is 0 Å². The summed E-state index contributed by atoms with van der Waals surface area (Å²) in [5, 5.41) is 0. The molecule has 0 fully saturated rings. The van der Waals surface area contributed by atoms with E-state index < -0.39 is 0 Å². The molecule has 0 amide bonds. The van der Waals surface area contributed by atoms with E-state index in [4.69, 9.17) is 4.86 Å². The third kappa shape index (κ3) is 9.53. The van der Waals surface area contributed by atoms with E-state index in [1.54, 1.807) is 0 Å². The topological polar surface area (TPSA) is 34.1 Å². The quantitative estimate of drug-likeness (QED) is 0.540. The zero-order chi connectivity index (χ0) is 4.00. The van der Waals surface area contributed by atoms with Crippen LogP contribution in [0.5, 0.6) is 0 Å². The summed E-state index contributed by atoms with van der Waals surface area (Å²) in [6, 6.07) is 0. The van der Waals surface area contributed by atoms with Crippen LogP contribution >= 0.6 is 0 Å². The molecule has 0 bridgehead atoms. The molecular formula is HBiO2Y. The Morgan fingerprint density at radius 2 is 1.25 bits per heavy atom. The second-order valence-electron chi connectivity index (χ2n) is 0. The first kappa shape index (κ1) is 9.14. The van der Waals surface area contributed by atoms with Crippen molar-refractivity contribution in [3.8, 4) is 0 Å². The molecule has 0 aliphatic rings. The number of rotatable bonds is 0. The van der Waals surface area contributed by atoms with Gasteiger partial charge in [0.05, 0.1) is 0 Å². The SMILES string of the molecule is [O]=[BiH].[O]=[Y]. The summed E-state index contributed by atoms with van der Waals surface area (Å²) < 4.78 is 16.8. The molecule has 0 aromatic carbocycles. The van der Waals surface area contributed by atoms with Gasteiger partial charge in [0.25, 0.3) is 0 Å². The fraction of sp³-hybridized carbons (Fsp3) is 0. The van der Waals surface area contributed by atoms with Crippen molar-refractivity contribution in [2.75, 3.05) is 0 Å². The van der Waals surface area contributed by atoms with Crippen molar-refractivity contribution in [2.45, 2.75) is 0 Å². The van der Waals surface area contributed by atoms with Crippen LogP contribution in [0.3, 0.4) is 0 Å². The van der Waals surface area contributed by atoms with Crippen molar-refractivity contribution in [1.29, 1.82) is 0 Å². The first-order valence-electron chi connectivity index (χ1n) is 0.440. The van der Waals surface area contributed by atoms with Crippen LogP contribution < -0.4 is 0 Å². The second-order valence-corrected chi connectivity index (χ2v) is 0. The van der Waals surface area contributed by atoms with E-state index in [2.05, 4.69) is 0 Å². The van der Waals surface area contributed by atoms with Crippen LogP contribution in [0.1, 0.15) is 0 Å². The van der Waals surface area contributed by atoms with Crippen molar-refractivity contribution in [3.05, 3.63) is 0 Å². The van der Waals surface area contributed by atoms with Gasteiger partial charge in [-0.15, -0.1) is 0 Å². The van der Waals surface area contributed by atoms with Gasteiger partial charge in [0.1, 0.15) is 0 Å². The van der Waals surface area contributed by atoms with Gasteiger partial charge in [-0.3, -0.25) is 0 Å². The van der Waals surface area contributed by atoms with E-state index >= 15 is 0 Å². The normalized spacial score (nSPS) is 2.50. The minimum atomic E-state index is 0.0556. The molecule has 0 rings (SSSR count).